The van der Waals surface area contributed by atoms with Crippen molar-refractivity contribution in [2.45, 2.75) is 64.8 Å². The number of nitrogens with one attached hydrogen (secondary N) is 1. The molecule has 7 atom stereocenters. The van der Waals surface area contributed by atoms with Crippen LogP contribution in [-0.4, -0.2) is 29.8 Å². The van der Waals surface area contributed by atoms with Gasteiger partial charge < -0.3 is 10.2 Å². The number of nitrogens with zero attached hydrogens (tertiary/aromatic N) is 1. The van der Waals surface area contributed by atoms with Crippen LogP contribution in [0, 0.1) is 34.5 Å². The molecule has 0 radical (unpaired) electrons. The van der Waals surface area contributed by atoms with Gasteiger partial charge in [-0.05, 0) is 91.9 Å². The number of rotatable bonds is 3. The first kappa shape index (κ1) is 22.0. The molecule has 4 aliphatic rings. The summed E-state index contributed by atoms with van der Waals surface area (Å²) >= 11 is 6.08. The Balaban J connectivity index is 1.31. The van der Waals surface area contributed by atoms with E-state index < -0.39 is 0 Å². The van der Waals surface area contributed by atoms with Gasteiger partial charge in [0.1, 0.15) is 0 Å². The second-order valence-electron chi connectivity index (χ2n) is 11.2. The predicted molar refractivity (Wildman–Crippen MR) is 128 cm³/mol. The average Bonchev–Trinajstić information content (AvgIpc) is 3.07. The number of carbonyl (C=O) groups excluding carboxylic acids is 2. The van der Waals surface area contributed by atoms with Crippen molar-refractivity contribution in [3.8, 4) is 0 Å². The van der Waals surface area contributed by atoms with Gasteiger partial charge in [-0.2, -0.15) is 0 Å². The van der Waals surface area contributed by atoms with E-state index in [-0.39, 0.29) is 22.6 Å². The second kappa shape index (κ2) is 7.90. The highest BCUT2D eigenvalue weighted by Crippen LogP contribution is 2.65. The summed E-state index contributed by atoms with van der Waals surface area (Å²) in [6.45, 7) is 4.85. The highest BCUT2D eigenvalue weighted by Gasteiger charge is 2.60. The fourth-order valence-electron chi connectivity index (χ4n) is 8.18. The van der Waals surface area contributed by atoms with Crippen LogP contribution in [0.15, 0.2) is 36.4 Å². The summed E-state index contributed by atoms with van der Waals surface area (Å²) in [7, 11) is 1.98. The van der Waals surface area contributed by atoms with Gasteiger partial charge in [-0.25, -0.2) is 0 Å². The van der Waals surface area contributed by atoms with Crippen molar-refractivity contribution in [1.82, 2.24) is 4.90 Å². The van der Waals surface area contributed by atoms with Gasteiger partial charge in [0, 0.05) is 35.6 Å². The number of carbonyl (C=O) groups is 2. The lowest BCUT2D eigenvalue weighted by molar-refractivity contribution is -0.139. The average molecular weight is 455 g/mol. The van der Waals surface area contributed by atoms with E-state index in [9.17, 15) is 9.59 Å². The van der Waals surface area contributed by atoms with Gasteiger partial charge in [-0.15, -0.1) is 0 Å². The summed E-state index contributed by atoms with van der Waals surface area (Å²) in [4.78, 5) is 27.1. The maximum atomic E-state index is 12.9. The number of benzene rings is 1. The van der Waals surface area contributed by atoms with Crippen LogP contribution in [0.3, 0.4) is 0 Å². The summed E-state index contributed by atoms with van der Waals surface area (Å²) in [5, 5.41) is 3.70. The summed E-state index contributed by atoms with van der Waals surface area (Å²) in [5.41, 5.74) is 1.09. The molecule has 1 aliphatic heterocycles. The van der Waals surface area contributed by atoms with Crippen LogP contribution in [0.5, 0.6) is 0 Å². The highest BCUT2D eigenvalue weighted by atomic mass is 35.5. The van der Waals surface area contributed by atoms with Crippen LogP contribution in [0.25, 0.3) is 0 Å². The minimum absolute atomic E-state index is 0.0783. The quantitative estimate of drug-likeness (QED) is 0.615. The Morgan fingerprint density at radius 2 is 1.97 bits per heavy atom. The fourth-order valence-corrected chi connectivity index (χ4v) is 8.37. The number of anilines is 1. The first-order valence-corrected chi connectivity index (χ1v) is 12.6. The smallest absolute Gasteiger partial charge is 0.246 e. The zero-order valence-corrected chi connectivity index (χ0v) is 20.2. The molecule has 0 aromatic heterocycles. The van der Waals surface area contributed by atoms with Crippen LogP contribution in [-0.2, 0) is 9.59 Å². The van der Waals surface area contributed by atoms with E-state index in [1.54, 1.807) is 0 Å². The van der Waals surface area contributed by atoms with Gasteiger partial charge in [0.05, 0.1) is 0 Å². The lowest BCUT2D eigenvalue weighted by Crippen LogP contribution is -2.59. The van der Waals surface area contributed by atoms with Crippen LogP contribution in [0.4, 0.5) is 5.69 Å². The Morgan fingerprint density at radius 3 is 2.75 bits per heavy atom. The van der Waals surface area contributed by atoms with Gasteiger partial charge in [-0.3, -0.25) is 9.59 Å². The molecule has 1 aromatic rings. The van der Waals surface area contributed by atoms with Gasteiger partial charge in [-0.1, -0.05) is 37.6 Å². The molecule has 0 bridgehead atoms. The number of halogens is 1. The summed E-state index contributed by atoms with van der Waals surface area (Å²) in [6, 6.07) is 7.72. The maximum absolute atomic E-state index is 12.9. The van der Waals surface area contributed by atoms with Gasteiger partial charge in [0.25, 0.3) is 0 Å². The summed E-state index contributed by atoms with van der Waals surface area (Å²) < 4.78 is 0. The normalized spacial score (nSPS) is 40.4. The number of likely N-dealkylation sites (N-methyl/N-ethyl adjacent to an activating group) is 1. The standard InChI is InChI=1S/C27H35ClN2O2/c1-26-13-11-22-20(8-10-23-27(22,2)14-12-25(32)30(23)3)21(26)9-7-17(26)15-24(31)29-19-6-4-5-18(28)16-19/h4-6,12,14,16-17,20-23H,7-11,13,15H2,1-3H3,(H,29,31)/t17-,20+,21+,22+,23-,26-,27-/m1/s1. The Hall–Kier alpha value is -1.81. The monoisotopic (exact) mass is 454 g/mol. The van der Waals surface area contributed by atoms with Gasteiger partial charge in [0.2, 0.25) is 11.8 Å². The van der Waals surface area contributed by atoms with E-state index in [2.05, 4.69) is 25.2 Å². The number of fused-ring (bicyclic) bond motifs is 5. The Bertz CT molecular complexity index is 961. The molecule has 5 heteroatoms. The van der Waals surface area contributed by atoms with Crippen molar-refractivity contribution in [3.05, 3.63) is 41.4 Å². The van der Waals surface area contributed by atoms with Crippen molar-refractivity contribution < 1.29 is 9.59 Å². The Labute approximate surface area is 196 Å². The van der Waals surface area contributed by atoms with Crippen LogP contribution >= 0.6 is 11.6 Å². The molecule has 2 amide bonds. The third kappa shape index (κ3) is 3.41. The molecule has 3 aliphatic carbocycles. The molecular formula is C27H35ClN2O2. The van der Waals surface area contributed by atoms with E-state index in [0.29, 0.717) is 41.2 Å². The van der Waals surface area contributed by atoms with Crippen molar-refractivity contribution >= 4 is 29.1 Å². The van der Waals surface area contributed by atoms with Crippen molar-refractivity contribution in [3.63, 3.8) is 0 Å². The number of amides is 2. The number of hydrogen-bond donors (Lipinski definition) is 1. The zero-order valence-electron chi connectivity index (χ0n) is 19.4. The van der Waals surface area contributed by atoms with E-state index in [1.165, 1.54) is 25.7 Å². The molecule has 0 spiro atoms. The summed E-state index contributed by atoms with van der Waals surface area (Å²) in [6.07, 6.45) is 11.7. The minimum Gasteiger partial charge on any atom is -0.338 e. The Morgan fingerprint density at radius 1 is 1.16 bits per heavy atom. The van der Waals surface area contributed by atoms with Crippen molar-refractivity contribution in [2.24, 2.45) is 34.5 Å². The second-order valence-corrected chi connectivity index (χ2v) is 11.6. The largest absolute Gasteiger partial charge is 0.338 e. The first-order chi connectivity index (χ1) is 15.2. The lowest BCUT2D eigenvalue weighted by atomic mass is 9.47. The molecule has 0 unspecified atom stereocenters. The Kier molecular flexibility index (Phi) is 5.43. The van der Waals surface area contributed by atoms with E-state index in [1.807, 2.05) is 42.3 Å². The molecule has 1 aromatic carbocycles. The molecule has 3 fully saturated rings. The first-order valence-electron chi connectivity index (χ1n) is 12.2. The van der Waals surface area contributed by atoms with E-state index in [0.717, 1.165) is 18.5 Å². The molecule has 4 nitrogen and oxygen atoms in total. The highest BCUT2D eigenvalue weighted by molar-refractivity contribution is 6.30. The third-order valence-electron chi connectivity index (χ3n) is 9.86. The molecule has 0 saturated heterocycles. The predicted octanol–water partition coefficient (Wildman–Crippen LogP) is 5.92. The molecule has 32 heavy (non-hydrogen) atoms. The SMILES string of the molecule is CN1C(=O)C=C[C@]2(C)[C@H]3CC[C@]4(C)[C@@H](CC(=O)Nc5cccc(Cl)c5)CC[C@H]4[C@@H]3CC[C@@H]12. The number of hydrogen-bond acceptors (Lipinski definition) is 2. The molecule has 172 valence electrons. The van der Waals surface area contributed by atoms with Gasteiger partial charge in [0.15, 0.2) is 0 Å². The van der Waals surface area contributed by atoms with Crippen LogP contribution in [0.2, 0.25) is 5.02 Å². The third-order valence-corrected chi connectivity index (χ3v) is 10.1. The molecule has 3 saturated carbocycles. The van der Waals surface area contributed by atoms with Crippen LogP contribution < -0.4 is 5.32 Å². The molecule has 1 heterocycles. The summed E-state index contributed by atoms with van der Waals surface area (Å²) in [5.74, 6) is 2.70. The lowest BCUT2D eigenvalue weighted by Gasteiger charge is -2.60. The maximum Gasteiger partial charge on any atom is 0.246 e. The topological polar surface area (TPSA) is 49.4 Å². The fraction of sp³-hybridized carbons (Fsp3) is 0.630. The minimum atomic E-state index is 0.0783. The molecule has 5 rings (SSSR count). The van der Waals surface area contributed by atoms with E-state index >= 15 is 0 Å². The molecular weight excluding hydrogens is 420 g/mol. The zero-order chi connectivity index (χ0) is 22.7. The van der Waals surface area contributed by atoms with Crippen molar-refractivity contribution in [2.75, 3.05) is 12.4 Å². The van der Waals surface area contributed by atoms with Gasteiger partial charge >= 0.3 is 0 Å². The van der Waals surface area contributed by atoms with Crippen molar-refractivity contribution in [1.29, 1.82) is 0 Å². The van der Waals surface area contributed by atoms with E-state index in [4.69, 9.17) is 11.6 Å². The molecule has 1 N–H and O–H groups in total. The van der Waals surface area contributed by atoms with Crippen LogP contribution in [0.1, 0.15) is 58.8 Å².